The third-order valence-corrected chi connectivity index (χ3v) is 3.84. The maximum atomic E-state index is 12.0. The molecule has 19 heavy (non-hydrogen) atoms. The molecule has 0 radical (unpaired) electrons. The largest absolute Gasteiger partial charge is 0.382 e. The zero-order valence-electron chi connectivity index (χ0n) is 11.0. The van der Waals surface area contributed by atoms with Crippen LogP contribution in [-0.4, -0.2) is 57.5 Å². The Balaban J connectivity index is 1.92. The van der Waals surface area contributed by atoms with E-state index in [1.165, 1.54) is 11.3 Å². The van der Waals surface area contributed by atoms with Crippen LogP contribution in [0.15, 0.2) is 0 Å². The Hall–Kier alpha value is -1.38. The van der Waals surface area contributed by atoms with Crippen molar-refractivity contribution in [3.05, 3.63) is 4.88 Å². The standard InChI is InChI=1S/C11H18N4O3S/c1-15(2)11-14-9(12)8(19-11)10(16)13-5-7-6-17-3-4-18-7/h7H,3-6,12H2,1-2H3,(H,13,16). The second-order valence-electron chi connectivity index (χ2n) is 4.38. The Labute approximate surface area is 115 Å². The van der Waals surface area contributed by atoms with Crippen LogP contribution in [0.1, 0.15) is 9.67 Å². The number of amides is 1. The zero-order valence-corrected chi connectivity index (χ0v) is 11.8. The molecule has 2 heterocycles. The number of anilines is 2. The van der Waals surface area contributed by atoms with Crippen molar-refractivity contribution in [2.75, 3.05) is 51.1 Å². The van der Waals surface area contributed by atoms with Crippen molar-refractivity contribution in [2.45, 2.75) is 6.10 Å². The number of hydrogen-bond donors (Lipinski definition) is 2. The summed E-state index contributed by atoms with van der Waals surface area (Å²) in [5.74, 6) is 0.0317. The van der Waals surface area contributed by atoms with E-state index in [1.807, 2.05) is 19.0 Å². The van der Waals surface area contributed by atoms with Crippen LogP contribution in [0.25, 0.3) is 0 Å². The number of nitrogens with zero attached hydrogens (tertiary/aromatic N) is 2. The lowest BCUT2D eigenvalue weighted by molar-refractivity contribution is -0.0855. The van der Waals surface area contributed by atoms with Crippen LogP contribution in [0.3, 0.4) is 0 Å². The normalized spacial score (nSPS) is 19.2. The van der Waals surface area contributed by atoms with E-state index in [1.54, 1.807) is 0 Å². The lowest BCUT2D eigenvalue weighted by atomic mass is 10.3. The maximum absolute atomic E-state index is 12.0. The van der Waals surface area contributed by atoms with Gasteiger partial charge >= 0.3 is 0 Å². The van der Waals surface area contributed by atoms with E-state index in [0.29, 0.717) is 36.4 Å². The van der Waals surface area contributed by atoms with Gasteiger partial charge in [0.15, 0.2) is 5.13 Å². The number of aromatic nitrogens is 1. The molecule has 0 aliphatic carbocycles. The molecule has 1 aliphatic rings. The van der Waals surface area contributed by atoms with Gasteiger partial charge in [-0.15, -0.1) is 0 Å². The van der Waals surface area contributed by atoms with Gasteiger partial charge in [0, 0.05) is 20.6 Å². The van der Waals surface area contributed by atoms with Gasteiger partial charge in [0.1, 0.15) is 10.7 Å². The number of nitrogens with one attached hydrogen (secondary N) is 1. The molecule has 1 aliphatic heterocycles. The van der Waals surface area contributed by atoms with Crippen LogP contribution < -0.4 is 16.0 Å². The van der Waals surface area contributed by atoms with E-state index in [4.69, 9.17) is 15.2 Å². The summed E-state index contributed by atoms with van der Waals surface area (Å²) >= 11 is 1.27. The number of hydrogen-bond acceptors (Lipinski definition) is 7. The Morgan fingerprint density at radius 1 is 1.58 bits per heavy atom. The molecular weight excluding hydrogens is 268 g/mol. The summed E-state index contributed by atoms with van der Waals surface area (Å²) < 4.78 is 10.7. The molecule has 3 N–H and O–H groups in total. The minimum Gasteiger partial charge on any atom is -0.382 e. The van der Waals surface area contributed by atoms with Crippen LogP contribution in [0.4, 0.5) is 10.9 Å². The van der Waals surface area contributed by atoms with Gasteiger partial charge in [-0.25, -0.2) is 4.98 Å². The van der Waals surface area contributed by atoms with Gasteiger partial charge in [-0.05, 0) is 0 Å². The van der Waals surface area contributed by atoms with E-state index >= 15 is 0 Å². The second kappa shape index (κ2) is 6.18. The molecule has 1 amide bonds. The van der Waals surface area contributed by atoms with Gasteiger partial charge < -0.3 is 25.4 Å². The van der Waals surface area contributed by atoms with Gasteiger partial charge in [0.25, 0.3) is 5.91 Å². The first-order chi connectivity index (χ1) is 9.08. The lowest BCUT2D eigenvalue weighted by Gasteiger charge is -2.22. The fourth-order valence-electron chi connectivity index (χ4n) is 1.62. The van der Waals surface area contributed by atoms with Gasteiger partial charge in [-0.2, -0.15) is 0 Å². The highest BCUT2D eigenvalue weighted by Crippen LogP contribution is 2.26. The monoisotopic (exact) mass is 286 g/mol. The molecule has 1 aromatic rings. The Kier molecular flexibility index (Phi) is 4.56. The molecule has 1 atom stereocenters. The first-order valence-electron chi connectivity index (χ1n) is 5.99. The van der Waals surface area contributed by atoms with Gasteiger partial charge in [-0.3, -0.25) is 4.79 Å². The van der Waals surface area contributed by atoms with Crippen molar-refractivity contribution in [3.63, 3.8) is 0 Å². The number of rotatable bonds is 4. The third-order valence-electron chi connectivity index (χ3n) is 2.61. The SMILES string of the molecule is CN(C)c1nc(N)c(C(=O)NCC2COCCO2)s1. The second-order valence-corrected chi connectivity index (χ2v) is 5.36. The molecule has 106 valence electrons. The molecule has 7 nitrogen and oxygen atoms in total. The third kappa shape index (κ3) is 3.55. The van der Waals surface area contributed by atoms with Crippen molar-refractivity contribution >= 4 is 28.2 Å². The van der Waals surface area contributed by atoms with E-state index in [0.717, 1.165) is 0 Å². The summed E-state index contributed by atoms with van der Waals surface area (Å²) in [6, 6.07) is 0. The molecule has 2 rings (SSSR count). The molecule has 0 bridgehead atoms. The van der Waals surface area contributed by atoms with E-state index in [9.17, 15) is 4.79 Å². The number of ether oxygens (including phenoxy) is 2. The molecular formula is C11H18N4O3S. The number of carbonyl (C=O) groups is 1. The van der Waals surface area contributed by atoms with Crippen molar-refractivity contribution in [3.8, 4) is 0 Å². The van der Waals surface area contributed by atoms with E-state index < -0.39 is 0 Å². The summed E-state index contributed by atoms with van der Waals surface area (Å²) in [5.41, 5.74) is 5.74. The average molecular weight is 286 g/mol. The minimum atomic E-state index is -0.225. The van der Waals surface area contributed by atoms with E-state index in [2.05, 4.69) is 10.3 Å². The summed E-state index contributed by atoms with van der Waals surface area (Å²) in [4.78, 5) is 18.4. The summed E-state index contributed by atoms with van der Waals surface area (Å²) in [6.45, 7) is 2.08. The number of thiazole rings is 1. The highest BCUT2D eigenvalue weighted by atomic mass is 32.1. The molecule has 1 aromatic heterocycles. The Morgan fingerprint density at radius 2 is 2.37 bits per heavy atom. The molecule has 0 aromatic carbocycles. The molecule has 8 heteroatoms. The summed E-state index contributed by atoms with van der Waals surface area (Å²) in [5, 5.41) is 3.50. The van der Waals surface area contributed by atoms with Crippen LogP contribution >= 0.6 is 11.3 Å². The fourth-order valence-corrected chi connectivity index (χ4v) is 2.44. The minimum absolute atomic E-state index is 0.0971. The van der Waals surface area contributed by atoms with Crippen LogP contribution in [0.2, 0.25) is 0 Å². The summed E-state index contributed by atoms with van der Waals surface area (Å²) in [6.07, 6.45) is -0.0971. The van der Waals surface area contributed by atoms with Crippen molar-refractivity contribution in [1.29, 1.82) is 0 Å². The molecule has 1 fully saturated rings. The lowest BCUT2D eigenvalue weighted by Crippen LogP contribution is -2.39. The highest BCUT2D eigenvalue weighted by molar-refractivity contribution is 7.18. The maximum Gasteiger partial charge on any atom is 0.265 e. The zero-order chi connectivity index (χ0) is 13.8. The van der Waals surface area contributed by atoms with Crippen LogP contribution in [0.5, 0.6) is 0 Å². The molecule has 0 spiro atoms. The summed E-state index contributed by atoms with van der Waals surface area (Å²) in [7, 11) is 3.71. The van der Waals surface area contributed by atoms with Crippen molar-refractivity contribution < 1.29 is 14.3 Å². The number of carbonyl (C=O) groups excluding carboxylic acids is 1. The van der Waals surface area contributed by atoms with Gasteiger partial charge in [0.2, 0.25) is 0 Å². The topological polar surface area (TPSA) is 89.7 Å². The first-order valence-corrected chi connectivity index (χ1v) is 6.80. The van der Waals surface area contributed by atoms with Crippen molar-refractivity contribution in [1.82, 2.24) is 10.3 Å². The van der Waals surface area contributed by atoms with Gasteiger partial charge in [-0.1, -0.05) is 11.3 Å². The first kappa shape index (κ1) is 14.0. The fraction of sp³-hybridized carbons (Fsp3) is 0.636. The predicted octanol–water partition coefficient (Wildman–Crippen LogP) is -0.0635. The highest BCUT2D eigenvalue weighted by Gasteiger charge is 2.20. The molecule has 1 saturated heterocycles. The van der Waals surface area contributed by atoms with Gasteiger partial charge in [0.05, 0.1) is 25.9 Å². The van der Waals surface area contributed by atoms with Crippen LogP contribution in [-0.2, 0) is 9.47 Å². The quantitative estimate of drug-likeness (QED) is 0.806. The van der Waals surface area contributed by atoms with E-state index in [-0.39, 0.29) is 17.8 Å². The average Bonchev–Trinajstić information content (AvgIpc) is 2.80. The van der Waals surface area contributed by atoms with Crippen LogP contribution in [0, 0.1) is 0 Å². The predicted molar refractivity (Wildman–Crippen MR) is 73.7 cm³/mol. The molecule has 0 saturated carbocycles. The Bertz CT molecular complexity index is 443. The smallest absolute Gasteiger partial charge is 0.265 e. The van der Waals surface area contributed by atoms with Crippen molar-refractivity contribution in [2.24, 2.45) is 0 Å². The number of nitrogen functional groups attached to an aromatic ring is 1. The Morgan fingerprint density at radius 3 is 2.95 bits per heavy atom. The molecule has 1 unspecified atom stereocenters. The number of nitrogens with two attached hydrogens (primary N) is 1.